The van der Waals surface area contributed by atoms with Gasteiger partial charge in [0.1, 0.15) is 12.6 Å². The molecule has 0 aromatic heterocycles. The molecule has 12 nitrogen and oxygen atoms in total. The van der Waals surface area contributed by atoms with Gasteiger partial charge in [-0.2, -0.15) is 4.72 Å². The van der Waals surface area contributed by atoms with Crippen molar-refractivity contribution in [2.45, 2.75) is 36.7 Å². The topological polar surface area (TPSA) is 186 Å². The molecule has 0 spiro atoms. The number of hydrogen-bond acceptors (Lipinski definition) is 7. The molecule has 4 rings (SSSR count). The van der Waals surface area contributed by atoms with E-state index in [9.17, 15) is 27.9 Å². The van der Waals surface area contributed by atoms with Crippen molar-refractivity contribution in [1.82, 2.24) is 19.8 Å². The summed E-state index contributed by atoms with van der Waals surface area (Å²) in [5.74, 6) is -3.36. The molecule has 1 heterocycles. The maximum Gasteiger partial charge on any atom is 0.323 e. The second-order valence-electron chi connectivity index (χ2n) is 10.5. The molecule has 0 aliphatic carbocycles. The Kier molecular flexibility index (Phi) is 10.5. The Balaban J connectivity index is 1.65. The summed E-state index contributed by atoms with van der Waals surface area (Å²) in [6.07, 6.45) is 0.857. The SMILES string of the molecule is N=C(N)N(CC1CCNCC1)C(=O)CC(NS(=O)(=O)c1ccc2ccccc2c1)C(=O)N(CC(=O)O)Cc1ccccc1. The van der Waals surface area contributed by atoms with Crippen LogP contribution < -0.4 is 15.8 Å². The molecule has 6 N–H and O–H groups in total. The van der Waals surface area contributed by atoms with Crippen LogP contribution in [-0.4, -0.2) is 79.3 Å². The zero-order chi connectivity index (χ0) is 31.0. The molecular formula is C30H36N6O6S. The lowest BCUT2D eigenvalue weighted by Gasteiger charge is -2.31. The van der Waals surface area contributed by atoms with Gasteiger partial charge in [0.15, 0.2) is 5.96 Å². The standard InChI is InChI=1S/C30H36N6O6S/c31-30(32)36(19-22-12-14-33-15-13-22)27(37)17-26(29(40)35(20-28(38)39)18-21-6-2-1-3-7-21)34-43(41,42)25-11-10-23-8-4-5-9-24(23)16-25/h1-11,16,22,26,33-34H,12-15,17-20H2,(H3,31,32)(H,38,39). The van der Waals surface area contributed by atoms with Gasteiger partial charge in [-0.25, -0.2) is 8.42 Å². The molecule has 0 radical (unpaired) electrons. The van der Waals surface area contributed by atoms with Crippen LogP contribution in [0.2, 0.25) is 0 Å². The van der Waals surface area contributed by atoms with E-state index in [4.69, 9.17) is 11.1 Å². The Labute approximate surface area is 250 Å². The van der Waals surface area contributed by atoms with Crippen LogP contribution in [0, 0.1) is 11.3 Å². The van der Waals surface area contributed by atoms with Crippen LogP contribution in [0.3, 0.4) is 0 Å². The Morgan fingerprint density at radius 3 is 2.30 bits per heavy atom. The fourth-order valence-electron chi connectivity index (χ4n) is 5.11. The number of nitrogens with two attached hydrogens (primary N) is 1. The Bertz CT molecular complexity index is 1580. The van der Waals surface area contributed by atoms with Gasteiger partial charge in [-0.05, 0) is 60.3 Å². The van der Waals surface area contributed by atoms with Crippen molar-refractivity contribution in [2.75, 3.05) is 26.2 Å². The summed E-state index contributed by atoms with van der Waals surface area (Å²) >= 11 is 0. The predicted octanol–water partition coefficient (Wildman–Crippen LogP) is 1.71. The van der Waals surface area contributed by atoms with Gasteiger partial charge in [0.2, 0.25) is 21.8 Å². The Morgan fingerprint density at radius 1 is 1.00 bits per heavy atom. The molecule has 3 aromatic rings. The third-order valence-electron chi connectivity index (χ3n) is 7.35. The minimum absolute atomic E-state index is 0.0686. The summed E-state index contributed by atoms with van der Waals surface area (Å²) in [5, 5.41) is 22.3. The fourth-order valence-corrected chi connectivity index (χ4v) is 6.33. The van der Waals surface area contributed by atoms with E-state index in [0.29, 0.717) is 10.9 Å². The number of benzene rings is 3. The smallest absolute Gasteiger partial charge is 0.323 e. The third-order valence-corrected chi connectivity index (χ3v) is 8.82. The number of carbonyl (C=O) groups is 3. The van der Waals surface area contributed by atoms with Crippen molar-refractivity contribution in [3.8, 4) is 0 Å². The fraction of sp³-hybridized carbons (Fsp3) is 0.333. The van der Waals surface area contributed by atoms with Crippen LogP contribution in [0.4, 0.5) is 0 Å². The minimum Gasteiger partial charge on any atom is -0.480 e. The van der Waals surface area contributed by atoms with Crippen LogP contribution >= 0.6 is 0 Å². The second-order valence-corrected chi connectivity index (χ2v) is 12.3. The number of nitrogens with zero attached hydrogens (tertiary/aromatic N) is 2. The van der Waals surface area contributed by atoms with E-state index in [-0.39, 0.29) is 23.9 Å². The number of piperidine rings is 1. The summed E-state index contributed by atoms with van der Waals surface area (Å²) in [6, 6.07) is 18.6. The average Bonchev–Trinajstić information content (AvgIpc) is 2.99. The van der Waals surface area contributed by atoms with Crippen molar-refractivity contribution in [1.29, 1.82) is 5.41 Å². The maximum absolute atomic E-state index is 13.9. The quantitative estimate of drug-likeness (QED) is 0.152. The highest BCUT2D eigenvalue weighted by molar-refractivity contribution is 7.89. The highest BCUT2D eigenvalue weighted by Gasteiger charge is 2.34. The second kappa shape index (κ2) is 14.2. The van der Waals surface area contributed by atoms with Gasteiger partial charge in [-0.3, -0.25) is 24.7 Å². The number of amides is 2. The van der Waals surface area contributed by atoms with E-state index in [0.717, 1.165) is 41.1 Å². The molecule has 228 valence electrons. The van der Waals surface area contributed by atoms with Crippen molar-refractivity contribution < 1.29 is 27.9 Å². The molecule has 43 heavy (non-hydrogen) atoms. The molecule has 1 aliphatic rings. The number of hydrogen-bond donors (Lipinski definition) is 5. The number of sulfonamides is 1. The molecule has 0 bridgehead atoms. The first-order valence-electron chi connectivity index (χ1n) is 13.9. The van der Waals surface area contributed by atoms with E-state index in [2.05, 4.69) is 10.0 Å². The first kappa shape index (κ1) is 31.6. The van der Waals surface area contributed by atoms with E-state index in [1.165, 1.54) is 12.1 Å². The highest BCUT2D eigenvalue weighted by Crippen LogP contribution is 2.21. The largest absolute Gasteiger partial charge is 0.480 e. The summed E-state index contributed by atoms with van der Waals surface area (Å²) in [5.41, 5.74) is 6.39. The number of fused-ring (bicyclic) bond motifs is 1. The highest BCUT2D eigenvalue weighted by atomic mass is 32.2. The number of nitrogens with one attached hydrogen (secondary N) is 3. The van der Waals surface area contributed by atoms with Gasteiger partial charge in [-0.1, -0.05) is 60.7 Å². The minimum atomic E-state index is -4.36. The normalized spacial score (nSPS) is 14.6. The van der Waals surface area contributed by atoms with Crippen molar-refractivity contribution in [3.63, 3.8) is 0 Å². The van der Waals surface area contributed by atoms with Crippen molar-refractivity contribution >= 4 is 44.5 Å². The number of guanidine groups is 1. The number of aliphatic carboxylic acids is 1. The average molecular weight is 609 g/mol. The van der Waals surface area contributed by atoms with Gasteiger partial charge in [0.25, 0.3) is 0 Å². The molecule has 2 amide bonds. The van der Waals surface area contributed by atoms with Gasteiger partial charge >= 0.3 is 5.97 Å². The van der Waals surface area contributed by atoms with Crippen molar-refractivity contribution in [3.05, 3.63) is 78.4 Å². The third kappa shape index (κ3) is 8.60. The van der Waals surface area contributed by atoms with Crippen LogP contribution in [-0.2, 0) is 31.0 Å². The first-order chi connectivity index (χ1) is 20.5. The molecule has 1 fully saturated rings. The zero-order valence-electron chi connectivity index (χ0n) is 23.6. The molecular weight excluding hydrogens is 572 g/mol. The van der Waals surface area contributed by atoms with Crippen LogP contribution in [0.15, 0.2) is 77.7 Å². The first-order valence-corrected chi connectivity index (χ1v) is 15.4. The van der Waals surface area contributed by atoms with Gasteiger partial charge in [0, 0.05) is 13.1 Å². The lowest BCUT2D eigenvalue weighted by atomic mass is 9.97. The zero-order valence-corrected chi connectivity index (χ0v) is 24.4. The van der Waals surface area contributed by atoms with Crippen LogP contribution in [0.1, 0.15) is 24.8 Å². The van der Waals surface area contributed by atoms with Gasteiger partial charge in [0.05, 0.1) is 11.3 Å². The lowest BCUT2D eigenvalue weighted by molar-refractivity contribution is -0.146. The Hall–Kier alpha value is -4.33. The number of carbonyl (C=O) groups excluding carboxylic acids is 2. The molecule has 0 saturated carbocycles. The maximum atomic E-state index is 13.9. The van der Waals surface area contributed by atoms with E-state index in [1.807, 2.05) is 12.1 Å². The molecule has 1 saturated heterocycles. The van der Waals surface area contributed by atoms with Crippen LogP contribution in [0.5, 0.6) is 0 Å². The summed E-state index contributed by atoms with van der Waals surface area (Å²) in [6.45, 7) is 0.806. The lowest BCUT2D eigenvalue weighted by Crippen LogP contribution is -2.53. The monoisotopic (exact) mass is 608 g/mol. The van der Waals surface area contributed by atoms with Crippen LogP contribution in [0.25, 0.3) is 10.8 Å². The number of carboxylic acids is 1. The van der Waals surface area contributed by atoms with Crippen molar-refractivity contribution in [2.24, 2.45) is 11.7 Å². The summed E-state index contributed by atoms with van der Waals surface area (Å²) < 4.78 is 29.6. The molecule has 1 atom stereocenters. The predicted molar refractivity (Wildman–Crippen MR) is 161 cm³/mol. The molecule has 1 aliphatic heterocycles. The summed E-state index contributed by atoms with van der Waals surface area (Å²) in [4.78, 5) is 41.1. The Morgan fingerprint density at radius 2 is 1.65 bits per heavy atom. The molecule has 1 unspecified atom stereocenters. The van der Waals surface area contributed by atoms with E-state index in [1.54, 1.807) is 48.5 Å². The van der Waals surface area contributed by atoms with E-state index < -0.39 is 52.8 Å². The summed E-state index contributed by atoms with van der Waals surface area (Å²) in [7, 11) is -4.36. The van der Waals surface area contributed by atoms with Gasteiger partial charge in [-0.15, -0.1) is 0 Å². The molecule has 13 heteroatoms. The van der Waals surface area contributed by atoms with E-state index >= 15 is 0 Å². The van der Waals surface area contributed by atoms with Gasteiger partial charge < -0.3 is 21.1 Å². The molecule has 3 aromatic carbocycles. The number of rotatable bonds is 12. The number of carboxylic acid groups (broad SMARTS) is 1.